The Hall–Kier alpha value is -1.28. The zero-order chi connectivity index (χ0) is 23.1. The van der Waals surface area contributed by atoms with Crippen LogP contribution in [0.1, 0.15) is 78.6 Å². The number of nitrogens with one attached hydrogen (secondary N) is 2. The minimum absolute atomic E-state index is 0.0629. The highest BCUT2D eigenvalue weighted by Gasteiger charge is 2.77. The van der Waals surface area contributed by atoms with Crippen molar-refractivity contribution in [1.29, 1.82) is 0 Å². The van der Waals surface area contributed by atoms with Gasteiger partial charge >= 0.3 is 0 Å². The number of nitrogens with zero attached hydrogens (tertiary/aromatic N) is 1. The molecule has 0 aromatic carbocycles. The smallest absolute Gasteiger partial charge is 0.244 e. The third-order valence-electron chi connectivity index (χ3n) is 8.32. The maximum atomic E-state index is 13.9. The highest BCUT2D eigenvalue weighted by Crippen LogP contribution is 2.71. The van der Waals surface area contributed by atoms with Gasteiger partial charge in [0.15, 0.2) is 0 Å². The zero-order valence-corrected chi connectivity index (χ0v) is 20.5. The third-order valence-corrected chi connectivity index (χ3v) is 10.3. The van der Waals surface area contributed by atoms with Gasteiger partial charge in [0.05, 0.1) is 29.2 Å². The number of thioether (sulfide) groups is 1. The molecule has 0 radical (unpaired) electrons. The van der Waals surface area contributed by atoms with Crippen molar-refractivity contribution in [2.75, 3.05) is 13.2 Å². The summed E-state index contributed by atoms with van der Waals surface area (Å²) < 4.78 is -0.935. The Morgan fingerprint density at radius 3 is 2.53 bits per heavy atom. The zero-order valence-electron chi connectivity index (χ0n) is 19.7. The molecule has 4 aliphatic rings. The number of aliphatic hydroxyl groups excluding tert-OH is 1. The highest BCUT2D eigenvalue weighted by molar-refractivity contribution is 8.02. The molecule has 2 bridgehead atoms. The van der Waals surface area contributed by atoms with Crippen molar-refractivity contribution in [1.82, 2.24) is 15.5 Å². The molecule has 180 valence electrons. The maximum Gasteiger partial charge on any atom is 0.244 e. The second kappa shape index (κ2) is 9.16. The Balaban J connectivity index is 1.70. The Morgan fingerprint density at radius 2 is 1.91 bits per heavy atom. The second-order valence-electron chi connectivity index (χ2n) is 10.4. The van der Waals surface area contributed by atoms with Crippen molar-refractivity contribution in [2.24, 2.45) is 11.8 Å². The Kier molecular flexibility index (Phi) is 6.83. The molecule has 3 amide bonds. The predicted molar refractivity (Wildman–Crippen MR) is 125 cm³/mol. The fourth-order valence-electron chi connectivity index (χ4n) is 6.76. The van der Waals surface area contributed by atoms with Crippen molar-refractivity contribution >= 4 is 29.5 Å². The molecule has 3 heterocycles. The number of rotatable bonds is 8. The summed E-state index contributed by atoms with van der Waals surface area (Å²) in [5.41, 5.74) is 0. The molecular formula is C24H39N3O4S. The number of aliphatic hydroxyl groups is 1. The number of carbonyl (C=O) groups excluding carboxylic acids is 3. The van der Waals surface area contributed by atoms with Crippen LogP contribution in [0.3, 0.4) is 0 Å². The van der Waals surface area contributed by atoms with Gasteiger partial charge in [-0.05, 0) is 45.4 Å². The number of hydrogen-bond donors (Lipinski definition) is 3. The van der Waals surface area contributed by atoms with Gasteiger partial charge in [-0.15, -0.1) is 11.8 Å². The first kappa shape index (κ1) is 23.9. The molecule has 3 N–H and O–H groups in total. The SMILES string of the molecule is CCCNC(=O)[C@H]1[C@H]2C(=O)N([C@@H](CC)CO)C(C(=O)NC3CCCCC3)C23CC[C@]1(C)S3. The lowest BCUT2D eigenvalue weighted by atomic mass is 9.66. The minimum atomic E-state index is -0.630. The first-order valence-corrected chi connectivity index (χ1v) is 13.4. The molecule has 8 heteroatoms. The molecule has 4 rings (SSSR count). The van der Waals surface area contributed by atoms with Gasteiger partial charge in [0, 0.05) is 17.3 Å². The lowest BCUT2D eigenvalue weighted by molar-refractivity contribution is -0.143. The van der Waals surface area contributed by atoms with E-state index in [2.05, 4.69) is 17.6 Å². The predicted octanol–water partition coefficient (Wildman–Crippen LogP) is 2.21. The Bertz CT molecular complexity index is 754. The molecule has 7 nitrogen and oxygen atoms in total. The van der Waals surface area contributed by atoms with Crippen LogP contribution in [0.5, 0.6) is 0 Å². The average molecular weight is 466 g/mol. The van der Waals surface area contributed by atoms with E-state index in [1.165, 1.54) is 6.42 Å². The average Bonchev–Trinajstić information content (AvgIpc) is 3.35. The fraction of sp³-hybridized carbons (Fsp3) is 0.875. The van der Waals surface area contributed by atoms with Crippen LogP contribution in [0.2, 0.25) is 0 Å². The summed E-state index contributed by atoms with van der Waals surface area (Å²) >= 11 is 1.70. The van der Waals surface area contributed by atoms with Gasteiger partial charge in [-0.2, -0.15) is 0 Å². The number of carbonyl (C=O) groups is 3. The quantitative estimate of drug-likeness (QED) is 0.511. The van der Waals surface area contributed by atoms with E-state index in [1.54, 1.807) is 16.7 Å². The van der Waals surface area contributed by atoms with Crippen LogP contribution in [-0.2, 0) is 14.4 Å². The van der Waals surface area contributed by atoms with Crippen molar-refractivity contribution < 1.29 is 19.5 Å². The number of amides is 3. The first-order chi connectivity index (χ1) is 15.3. The second-order valence-corrected chi connectivity index (χ2v) is 12.2. The van der Waals surface area contributed by atoms with Gasteiger partial charge in [-0.3, -0.25) is 14.4 Å². The van der Waals surface area contributed by atoms with E-state index in [-0.39, 0.29) is 35.1 Å². The van der Waals surface area contributed by atoms with Crippen LogP contribution in [0.25, 0.3) is 0 Å². The molecule has 3 aliphatic heterocycles. The summed E-state index contributed by atoms with van der Waals surface area (Å²) in [6.45, 7) is 6.46. The standard InChI is InChI=1S/C24H39N3O4S/c1-4-13-25-20(29)17-18-22(31)27(16(5-2)14-28)19(24(18)12-11-23(17,3)32-24)21(30)26-15-9-7-6-8-10-15/h15-19,28H,4-14H2,1-3H3,(H,25,29)(H,26,30)/t16-,17+,18-,19?,23-,24?/m0/s1. The molecule has 2 unspecified atom stereocenters. The van der Waals surface area contributed by atoms with E-state index >= 15 is 0 Å². The van der Waals surface area contributed by atoms with E-state index < -0.39 is 28.7 Å². The Morgan fingerprint density at radius 1 is 1.19 bits per heavy atom. The van der Waals surface area contributed by atoms with Crippen LogP contribution in [0.4, 0.5) is 0 Å². The lowest BCUT2D eigenvalue weighted by Gasteiger charge is -2.38. The van der Waals surface area contributed by atoms with Crippen molar-refractivity contribution in [3.63, 3.8) is 0 Å². The van der Waals surface area contributed by atoms with Gasteiger partial charge in [0.2, 0.25) is 17.7 Å². The molecule has 1 spiro atoms. The summed E-state index contributed by atoms with van der Waals surface area (Å²) in [5.74, 6) is -1.22. The van der Waals surface area contributed by atoms with E-state index in [0.29, 0.717) is 13.0 Å². The molecular weight excluding hydrogens is 426 g/mol. The molecule has 32 heavy (non-hydrogen) atoms. The summed E-state index contributed by atoms with van der Waals surface area (Å²) in [6, 6.07) is -0.882. The summed E-state index contributed by atoms with van der Waals surface area (Å²) in [5, 5.41) is 16.4. The van der Waals surface area contributed by atoms with Crippen molar-refractivity contribution in [3.05, 3.63) is 0 Å². The first-order valence-electron chi connectivity index (χ1n) is 12.5. The van der Waals surface area contributed by atoms with Crippen LogP contribution in [0, 0.1) is 11.8 Å². The van der Waals surface area contributed by atoms with Crippen molar-refractivity contribution in [3.8, 4) is 0 Å². The van der Waals surface area contributed by atoms with Crippen molar-refractivity contribution in [2.45, 2.75) is 106 Å². The van der Waals surface area contributed by atoms with Crippen LogP contribution in [0.15, 0.2) is 0 Å². The topological polar surface area (TPSA) is 98.7 Å². The number of hydrogen-bond acceptors (Lipinski definition) is 5. The van der Waals surface area contributed by atoms with Gasteiger partial charge in [-0.1, -0.05) is 33.1 Å². The lowest BCUT2D eigenvalue weighted by Crippen LogP contribution is -2.58. The van der Waals surface area contributed by atoms with Crippen LogP contribution < -0.4 is 10.6 Å². The molecule has 3 saturated heterocycles. The fourth-order valence-corrected chi connectivity index (χ4v) is 9.10. The molecule has 1 aliphatic carbocycles. The summed E-state index contributed by atoms with van der Waals surface area (Å²) in [4.78, 5) is 42.6. The van der Waals surface area contributed by atoms with Gasteiger partial charge in [0.1, 0.15) is 6.04 Å². The van der Waals surface area contributed by atoms with Gasteiger partial charge < -0.3 is 20.6 Å². The molecule has 4 fully saturated rings. The van der Waals surface area contributed by atoms with Crippen LogP contribution >= 0.6 is 11.8 Å². The summed E-state index contributed by atoms with van der Waals surface area (Å²) in [7, 11) is 0. The van der Waals surface area contributed by atoms with E-state index in [0.717, 1.165) is 44.9 Å². The van der Waals surface area contributed by atoms with E-state index in [1.807, 2.05) is 13.8 Å². The van der Waals surface area contributed by atoms with Gasteiger partial charge in [0.25, 0.3) is 0 Å². The monoisotopic (exact) mass is 465 g/mol. The van der Waals surface area contributed by atoms with E-state index in [4.69, 9.17) is 0 Å². The number of likely N-dealkylation sites (tertiary alicyclic amines) is 1. The van der Waals surface area contributed by atoms with E-state index in [9.17, 15) is 19.5 Å². The number of fused-ring (bicyclic) bond motifs is 1. The molecule has 0 aromatic rings. The molecule has 1 saturated carbocycles. The van der Waals surface area contributed by atoms with Crippen LogP contribution in [-0.4, -0.2) is 68.5 Å². The molecule has 0 aromatic heterocycles. The maximum absolute atomic E-state index is 13.9. The Labute approximate surface area is 195 Å². The third kappa shape index (κ3) is 3.65. The minimum Gasteiger partial charge on any atom is -0.394 e. The largest absolute Gasteiger partial charge is 0.394 e. The highest BCUT2D eigenvalue weighted by atomic mass is 32.2. The normalized spacial score (nSPS) is 37.4. The summed E-state index contributed by atoms with van der Waals surface area (Å²) in [6.07, 6.45) is 8.39. The van der Waals surface area contributed by atoms with Gasteiger partial charge in [-0.25, -0.2) is 0 Å². The molecule has 6 atom stereocenters.